The molecule has 0 spiro atoms. The van der Waals surface area contributed by atoms with Crippen LogP contribution in [0.4, 0.5) is 9.59 Å². The van der Waals surface area contributed by atoms with E-state index in [1.807, 2.05) is 0 Å². The van der Waals surface area contributed by atoms with Crippen LogP contribution in [0.25, 0.3) is 0 Å². The van der Waals surface area contributed by atoms with Crippen LogP contribution in [0.1, 0.15) is 85.0 Å². The average Bonchev–Trinajstić information content (AvgIpc) is 2.59. The van der Waals surface area contributed by atoms with Gasteiger partial charge < -0.3 is 18.9 Å². The summed E-state index contributed by atoms with van der Waals surface area (Å²) in [6.07, 6.45) is 8.17. The van der Waals surface area contributed by atoms with Crippen LogP contribution in [0.15, 0.2) is 0 Å². The summed E-state index contributed by atoms with van der Waals surface area (Å²) in [6, 6.07) is 0. The van der Waals surface area contributed by atoms with Crippen molar-refractivity contribution in [1.82, 2.24) is 0 Å². The van der Waals surface area contributed by atoms with Gasteiger partial charge in [0.2, 0.25) is 0 Å². The highest BCUT2D eigenvalue weighted by molar-refractivity contribution is 5.60. The van der Waals surface area contributed by atoms with Crippen molar-refractivity contribution >= 4 is 12.3 Å². The summed E-state index contributed by atoms with van der Waals surface area (Å²) in [4.78, 5) is 23.0. The van der Waals surface area contributed by atoms with Gasteiger partial charge in [-0.3, -0.25) is 0 Å². The third-order valence-corrected chi connectivity index (χ3v) is 4.55. The Morgan fingerprint density at radius 2 is 1.31 bits per heavy atom. The Labute approximate surface area is 157 Å². The SMILES string of the molecule is CCOC(=O)OC1CCC(OC(=O)OCCCCCCCC(C)C)CC1. The summed E-state index contributed by atoms with van der Waals surface area (Å²) in [5.41, 5.74) is 0. The predicted octanol–water partition coefficient (Wildman–Crippen LogP) is 5.62. The molecule has 26 heavy (non-hydrogen) atoms. The van der Waals surface area contributed by atoms with Crippen molar-refractivity contribution in [3.8, 4) is 0 Å². The molecule has 1 saturated carbocycles. The Balaban J connectivity index is 1.99. The molecule has 152 valence electrons. The van der Waals surface area contributed by atoms with Gasteiger partial charge in [-0.05, 0) is 44.9 Å². The molecule has 0 aliphatic heterocycles. The van der Waals surface area contributed by atoms with Crippen LogP contribution in [-0.2, 0) is 18.9 Å². The van der Waals surface area contributed by atoms with Crippen molar-refractivity contribution in [2.24, 2.45) is 5.92 Å². The zero-order valence-electron chi connectivity index (χ0n) is 16.7. The maximum atomic E-state index is 11.7. The lowest BCUT2D eigenvalue weighted by Gasteiger charge is -2.27. The Bertz CT molecular complexity index is 388. The number of rotatable bonds is 11. The van der Waals surface area contributed by atoms with Gasteiger partial charge in [-0.2, -0.15) is 0 Å². The van der Waals surface area contributed by atoms with Crippen LogP contribution in [0.2, 0.25) is 0 Å². The van der Waals surface area contributed by atoms with E-state index in [4.69, 9.17) is 18.9 Å². The van der Waals surface area contributed by atoms with Crippen LogP contribution >= 0.6 is 0 Å². The van der Waals surface area contributed by atoms with Crippen LogP contribution in [0, 0.1) is 5.92 Å². The molecule has 0 bridgehead atoms. The average molecular weight is 373 g/mol. The first-order chi connectivity index (χ1) is 12.5. The molecule has 0 atom stereocenters. The second kappa shape index (κ2) is 13.7. The van der Waals surface area contributed by atoms with Gasteiger partial charge >= 0.3 is 12.3 Å². The zero-order valence-corrected chi connectivity index (χ0v) is 16.7. The van der Waals surface area contributed by atoms with E-state index in [0.717, 1.165) is 18.8 Å². The van der Waals surface area contributed by atoms with Crippen molar-refractivity contribution in [2.45, 2.75) is 97.2 Å². The summed E-state index contributed by atoms with van der Waals surface area (Å²) >= 11 is 0. The molecule has 1 rings (SSSR count). The Morgan fingerprint density at radius 1 is 0.808 bits per heavy atom. The molecule has 0 N–H and O–H groups in total. The first-order valence-corrected chi connectivity index (χ1v) is 10.2. The predicted molar refractivity (Wildman–Crippen MR) is 99.1 cm³/mol. The third kappa shape index (κ3) is 11.2. The van der Waals surface area contributed by atoms with E-state index >= 15 is 0 Å². The highest BCUT2D eigenvalue weighted by atomic mass is 16.7. The Kier molecular flexibility index (Phi) is 11.9. The molecule has 0 aromatic rings. The molecule has 0 unspecified atom stereocenters. The molecule has 6 heteroatoms. The Morgan fingerprint density at radius 3 is 1.85 bits per heavy atom. The van der Waals surface area contributed by atoms with Crippen molar-refractivity contribution in [3.05, 3.63) is 0 Å². The van der Waals surface area contributed by atoms with Gasteiger partial charge in [-0.25, -0.2) is 9.59 Å². The first-order valence-electron chi connectivity index (χ1n) is 10.2. The summed E-state index contributed by atoms with van der Waals surface area (Å²) < 4.78 is 20.4. The molecule has 0 radical (unpaired) electrons. The Hall–Kier alpha value is -1.46. The van der Waals surface area contributed by atoms with E-state index in [1.54, 1.807) is 6.92 Å². The van der Waals surface area contributed by atoms with Crippen molar-refractivity contribution < 1.29 is 28.5 Å². The zero-order chi connectivity index (χ0) is 19.2. The van der Waals surface area contributed by atoms with Crippen LogP contribution < -0.4 is 0 Å². The summed E-state index contributed by atoms with van der Waals surface area (Å²) in [6.45, 7) is 6.97. The number of unbranched alkanes of at least 4 members (excludes halogenated alkanes) is 4. The van der Waals surface area contributed by atoms with Gasteiger partial charge in [0, 0.05) is 0 Å². The maximum Gasteiger partial charge on any atom is 0.508 e. The lowest BCUT2D eigenvalue weighted by atomic mass is 9.95. The highest BCUT2D eigenvalue weighted by Crippen LogP contribution is 2.24. The minimum Gasteiger partial charge on any atom is -0.435 e. The quantitative estimate of drug-likeness (QED) is 0.346. The molecule has 1 fully saturated rings. The summed E-state index contributed by atoms with van der Waals surface area (Å²) in [5, 5.41) is 0. The minimum atomic E-state index is -0.625. The van der Waals surface area contributed by atoms with E-state index < -0.39 is 12.3 Å². The van der Waals surface area contributed by atoms with Crippen molar-refractivity contribution in [3.63, 3.8) is 0 Å². The van der Waals surface area contributed by atoms with Crippen LogP contribution in [-0.4, -0.2) is 37.7 Å². The molecular formula is C20H36O6. The molecule has 1 aliphatic carbocycles. The monoisotopic (exact) mass is 372 g/mol. The van der Waals surface area contributed by atoms with Crippen LogP contribution in [0.3, 0.4) is 0 Å². The van der Waals surface area contributed by atoms with Gasteiger partial charge in [-0.1, -0.05) is 46.0 Å². The van der Waals surface area contributed by atoms with E-state index in [0.29, 0.717) is 38.9 Å². The minimum absolute atomic E-state index is 0.152. The smallest absolute Gasteiger partial charge is 0.435 e. The second-order valence-corrected chi connectivity index (χ2v) is 7.37. The molecule has 1 aliphatic rings. The van der Waals surface area contributed by atoms with Gasteiger partial charge in [-0.15, -0.1) is 0 Å². The van der Waals surface area contributed by atoms with Gasteiger partial charge in [0.1, 0.15) is 12.2 Å². The fourth-order valence-corrected chi connectivity index (χ4v) is 3.07. The van der Waals surface area contributed by atoms with Crippen molar-refractivity contribution in [1.29, 1.82) is 0 Å². The lowest BCUT2D eigenvalue weighted by molar-refractivity contribution is -0.0260. The fourth-order valence-electron chi connectivity index (χ4n) is 3.07. The second-order valence-electron chi connectivity index (χ2n) is 7.37. The van der Waals surface area contributed by atoms with E-state index in [2.05, 4.69) is 13.8 Å². The topological polar surface area (TPSA) is 71.1 Å². The number of ether oxygens (including phenoxy) is 4. The molecule has 6 nitrogen and oxygen atoms in total. The summed E-state index contributed by atoms with van der Waals surface area (Å²) in [5.74, 6) is 0.778. The maximum absolute atomic E-state index is 11.7. The normalized spacial score (nSPS) is 19.8. The number of carbonyl (C=O) groups excluding carboxylic acids is 2. The number of hydrogen-bond donors (Lipinski definition) is 0. The van der Waals surface area contributed by atoms with Gasteiger partial charge in [0.15, 0.2) is 0 Å². The molecule has 0 aromatic carbocycles. The fraction of sp³-hybridized carbons (Fsp3) is 0.900. The highest BCUT2D eigenvalue weighted by Gasteiger charge is 2.27. The summed E-state index contributed by atoms with van der Waals surface area (Å²) in [7, 11) is 0. The largest absolute Gasteiger partial charge is 0.508 e. The van der Waals surface area contributed by atoms with Gasteiger partial charge in [0.05, 0.1) is 13.2 Å². The molecule has 0 aromatic heterocycles. The standard InChI is InChI=1S/C20H36O6/c1-4-23-19(21)25-17-11-13-18(14-12-17)26-20(22)24-15-9-7-5-6-8-10-16(2)3/h16-18H,4-15H2,1-3H3. The van der Waals surface area contributed by atoms with Crippen LogP contribution in [0.5, 0.6) is 0 Å². The number of hydrogen-bond acceptors (Lipinski definition) is 6. The van der Waals surface area contributed by atoms with Crippen molar-refractivity contribution in [2.75, 3.05) is 13.2 Å². The molecule has 0 amide bonds. The molecular weight excluding hydrogens is 336 g/mol. The lowest BCUT2D eigenvalue weighted by Crippen LogP contribution is -2.30. The number of carbonyl (C=O) groups is 2. The molecule has 0 heterocycles. The third-order valence-electron chi connectivity index (χ3n) is 4.55. The van der Waals surface area contributed by atoms with E-state index in [1.165, 1.54) is 25.7 Å². The van der Waals surface area contributed by atoms with Gasteiger partial charge in [0.25, 0.3) is 0 Å². The van der Waals surface area contributed by atoms with E-state index in [-0.39, 0.29) is 12.2 Å². The molecule has 0 saturated heterocycles. The van der Waals surface area contributed by atoms with E-state index in [9.17, 15) is 9.59 Å². The first kappa shape index (κ1) is 22.6.